The molecule has 0 aliphatic carbocycles. The fourth-order valence-corrected chi connectivity index (χ4v) is 3.95. The van der Waals surface area contributed by atoms with Crippen LogP contribution in [-0.2, 0) is 13.2 Å². The van der Waals surface area contributed by atoms with Gasteiger partial charge in [0.15, 0.2) is 11.5 Å². The molecule has 0 fully saturated rings. The van der Waals surface area contributed by atoms with E-state index in [1.165, 1.54) is 5.56 Å². The van der Waals surface area contributed by atoms with Crippen LogP contribution in [0.4, 0.5) is 0 Å². The average molecular weight is 404 g/mol. The summed E-state index contributed by atoms with van der Waals surface area (Å²) in [5, 5.41) is 4.21. The number of halogens is 1. The molecule has 0 aromatic heterocycles. The van der Waals surface area contributed by atoms with Crippen LogP contribution in [0.2, 0.25) is 5.02 Å². The maximum atomic E-state index is 6.54. The molecule has 0 saturated heterocycles. The largest absolute Gasteiger partial charge is 0.493 e. The normalized spacial score (nSPS) is 12.1. The number of benzene rings is 2. The number of ether oxygens (including phenoxy) is 2. The van der Waals surface area contributed by atoms with E-state index in [2.05, 4.69) is 59.0 Å². The fraction of sp³-hybridized carbons (Fsp3) is 0.500. The Hall–Kier alpha value is -1.71. The van der Waals surface area contributed by atoms with Crippen molar-refractivity contribution in [3.05, 3.63) is 58.1 Å². The van der Waals surface area contributed by atoms with Gasteiger partial charge in [0.2, 0.25) is 0 Å². The number of rotatable bonds is 8. The van der Waals surface area contributed by atoms with Gasteiger partial charge in [-0.25, -0.2) is 0 Å². The van der Waals surface area contributed by atoms with E-state index in [-0.39, 0.29) is 11.0 Å². The van der Waals surface area contributed by atoms with Gasteiger partial charge in [-0.2, -0.15) is 0 Å². The monoisotopic (exact) mass is 403 g/mol. The molecule has 0 unspecified atom stereocenters. The van der Waals surface area contributed by atoms with Gasteiger partial charge >= 0.3 is 0 Å². The van der Waals surface area contributed by atoms with Gasteiger partial charge in [0, 0.05) is 12.1 Å². The Morgan fingerprint density at radius 1 is 1.04 bits per heavy atom. The molecule has 3 nitrogen and oxygen atoms in total. The van der Waals surface area contributed by atoms with Crippen LogP contribution in [0.15, 0.2) is 36.4 Å². The second kappa shape index (κ2) is 9.19. The van der Waals surface area contributed by atoms with Crippen molar-refractivity contribution in [3.8, 4) is 11.5 Å². The molecule has 1 N–H and O–H groups in total. The summed E-state index contributed by atoms with van der Waals surface area (Å²) in [6, 6.07) is 12.1. The van der Waals surface area contributed by atoms with Gasteiger partial charge in [-0.1, -0.05) is 56.6 Å². The van der Waals surface area contributed by atoms with E-state index in [1.807, 2.05) is 24.3 Å². The summed E-state index contributed by atoms with van der Waals surface area (Å²) in [4.78, 5) is 0. The smallest absolute Gasteiger partial charge is 0.180 e. The van der Waals surface area contributed by atoms with Gasteiger partial charge < -0.3 is 14.8 Å². The highest BCUT2D eigenvalue weighted by Crippen LogP contribution is 2.37. The zero-order chi connectivity index (χ0) is 20.9. The highest BCUT2D eigenvalue weighted by Gasteiger charge is 2.25. The van der Waals surface area contributed by atoms with Crippen molar-refractivity contribution < 1.29 is 9.47 Å². The number of aryl methyl sites for hydroxylation is 1. The lowest BCUT2D eigenvalue weighted by Gasteiger charge is -2.33. The van der Waals surface area contributed by atoms with Crippen LogP contribution >= 0.6 is 11.6 Å². The van der Waals surface area contributed by atoms with Gasteiger partial charge in [0.25, 0.3) is 0 Å². The van der Waals surface area contributed by atoms with Gasteiger partial charge in [0.1, 0.15) is 6.61 Å². The van der Waals surface area contributed by atoms with Crippen LogP contribution < -0.4 is 14.8 Å². The second-order valence-corrected chi connectivity index (χ2v) is 9.71. The molecule has 4 heteroatoms. The van der Waals surface area contributed by atoms with Crippen LogP contribution in [0.5, 0.6) is 11.5 Å². The first-order chi connectivity index (χ1) is 13.0. The molecular formula is C24H34ClNO2. The fourth-order valence-electron chi connectivity index (χ4n) is 3.67. The molecule has 0 atom stereocenters. The number of hydrogen-bond acceptors (Lipinski definition) is 3. The van der Waals surface area contributed by atoms with Crippen molar-refractivity contribution >= 4 is 11.6 Å². The van der Waals surface area contributed by atoms with Crippen LogP contribution in [-0.4, -0.2) is 12.6 Å². The maximum Gasteiger partial charge on any atom is 0.180 e. The predicted molar refractivity (Wildman–Crippen MR) is 119 cm³/mol. The lowest BCUT2D eigenvalue weighted by molar-refractivity contribution is 0.240. The van der Waals surface area contributed by atoms with E-state index in [1.54, 1.807) is 7.11 Å². The van der Waals surface area contributed by atoms with Crippen molar-refractivity contribution in [1.82, 2.24) is 5.32 Å². The van der Waals surface area contributed by atoms with Crippen molar-refractivity contribution in [3.63, 3.8) is 0 Å². The zero-order valence-corrected chi connectivity index (χ0v) is 19.0. The standard InChI is InChI=1S/C24H34ClNO2/c1-17-10-8-9-11-19(17)15-28-22-20(25)12-18(13-21(22)27-7)14-26-24(5,6)16-23(2,3)4/h8-13,26H,14-16H2,1-7H3. The Morgan fingerprint density at radius 3 is 2.32 bits per heavy atom. The van der Waals surface area contributed by atoms with Crippen molar-refractivity contribution in [2.45, 2.75) is 66.7 Å². The molecule has 0 bridgehead atoms. The molecule has 2 aromatic carbocycles. The Bertz CT molecular complexity index is 794. The van der Waals surface area contributed by atoms with E-state index < -0.39 is 0 Å². The van der Waals surface area contributed by atoms with Crippen molar-refractivity contribution in [2.75, 3.05) is 7.11 Å². The van der Waals surface area contributed by atoms with Gasteiger partial charge in [0.05, 0.1) is 12.1 Å². The highest BCUT2D eigenvalue weighted by atomic mass is 35.5. The van der Waals surface area contributed by atoms with Crippen LogP contribution in [0.3, 0.4) is 0 Å². The topological polar surface area (TPSA) is 30.5 Å². The first-order valence-electron chi connectivity index (χ1n) is 9.79. The van der Waals surface area contributed by atoms with Crippen LogP contribution in [0.25, 0.3) is 0 Å². The molecule has 28 heavy (non-hydrogen) atoms. The predicted octanol–water partition coefficient (Wildman–Crippen LogP) is 6.54. The molecule has 2 rings (SSSR count). The van der Waals surface area contributed by atoms with Crippen molar-refractivity contribution in [1.29, 1.82) is 0 Å². The number of nitrogens with one attached hydrogen (secondary N) is 1. The highest BCUT2D eigenvalue weighted by molar-refractivity contribution is 6.32. The summed E-state index contributed by atoms with van der Waals surface area (Å²) in [5.74, 6) is 1.25. The maximum absolute atomic E-state index is 6.54. The summed E-state index contributed by atoms with van der Waals surface area (Å²) >= 11 is 6.54. The number of hydrogen-bond donors (Lipinski definition) is 1. The molecule has 0 aliphatic rings. The summed E-state index contributed by atoms with van der Waals surface area (Å²) in [5.41, 5.74) is 3.69. The quantitative estimate of drug-likeness (QED) is 0.542. The SMILES string of the molecule is COc1cc(CNC(C)(C)CC(C)(C)C)cc(Cl)c1OCc1ccccc1C. The lowest BCUT2D eigenvalue weighted by Crippen LogP contribution is -2.41. The Balaban J connectivity index is 2.11. The third-order valence-corrected chi connectivity index (χ3v) is 4.95. The molecule has 0 heterocycles. The third-order valence-electron chi connectivity index (χ3n) is 4.67. The van der Waals surface area contributed by atoms with E-state index >= 15 is 0 Å². The first kappa shape index (κ1) is 22.6. The van der Waals surface area contributed by atoms with Crippen LogP contribution in [0.1, 0.15) is 57.7 Å². The average Bonchev–Trinajstić information content (AvgIpc) is 2.58. The molecule has 0 amide bonds. The minimum absolute atomic E-state index is 0.0258. The van der Waals surface area contributed by atoms with E-state index in [4.69, 9.17) is 21.1 Å². The zero-order valence-electron chi connectivity index (χ0n) is 18.3. The minimum atomic E-state index is 0.0258. The van der Waals surface area contributed by atoms with E-state index in [9.17, 15) is 0 Å². The molecule has 0 saturated carbocycles. The summed E-state index contributed by atoms with van der Waals surface area (Å²) < 4.78 is 11.6. The van der Waals surface area contributed by atoms with E-state index in [0.29, 0.717) is 23.1 Å². The lowest BCUT2D eigenvalue weighted by atomic mass is 9.82. The molecule has 154 valence electrons. The summed E-state index contributed by atoms with van der Waals surface area (Å²) in [6.45, 7) is 14.5. The Labute approximate surface area is 175 Å². The van der Waals surface area contributed by atoms with Gasteiger partial charge in [-0.15, -0.1) is 0 Å². The third kappa shape index (κ3) is 6.72. The van der Waals surface area contributed by atoms with Gasteiger partial charge in [-0.3, -0.25) is 0 Å². The van der Waals surface area contributed by atoms with Gasteiger partial charge in [-0.05, 0) is 61.4 Å². The minimum Gasteiger partial charge on any atom is -0.493 e. The molecular weight excluding hydrogens is 370 g/mol. The van der Waals surface area contributed by atoms with E-state index in [0.717, 1.165) is 24.1 Å². The van der Waals surface area contributed by atoms with Crippen LogP contribution in [0, 0.1) is 12.3 Å². The molecule has 0 radical (unpaired) electrons. The summed E-state index contributed by atoms with van der Waals surface area (Å²) in [6.07, 6.45) is 1.07. The Morgan fingerprint density at radius 2 is 1.71 bits per heavy atom. The summed E-state index contributed by atoms with van der Waals surface area (Å²) in [7, 11) is 1.65. The molecule has 2 aromatic rings. The first-order valence-corrected chi connectivity index (χ1v) is 10.2. The molecule has 0 spiro atoms. The van der Waals surface area contributed by atoms with Crippen molar-refractivity contribution in [2.24, 2.45) is 5.41 Å². The Kier molecular flexibility index (Phi) is 7.41. The second-order valence-electron chi connectivity index (χ2n) is 9.30. The number of methoxy groups -OCH3 is 1. The molecule has 0 aliphatic heterocycles.